The lowest BCUT2D eigenvalue weighted by molar-refractivity contribution is 0.0374. The second-order valence-electron chi connectivity index (χ2n) is 5.16. The van der Waals surface area contributed by atoms with Gasteiger partial charge >= 0.3 is 0 Å². The van der Waals surface area contributed by atoms with E-state index in [1.165, 1.54) is 6.07 Å². The molecule has 0 amide bonds. The van der Waals surface area contributed by atoms with Gasteiger partial charge in [-0.15, -0.1) is 0 Å². The van der Waals surface area contributed by atoms with Crippen molar-refractivity contribution in [2.24, 2.45) is 0 Å². The fourth-order valence-corrected chi connectivity index (χ4v) is 2.53. The number of nitrogens with zero attached hydrogens (tertiary/aromatic N) is 1. The normalized spacial score (nSPS) is 18.1. The Labute approximate surface area is 125 Å². The molecule has 1 fully saturated rings. The Bertz CT molecular complexity index is 424. The van der Waals surface area contributed by atoms with Crippen molar-refractivity contribution in [3.8, 4) is 0 Å². The Hall–Kier alpha value is -0.680. The number of hydrogen-bond donors (Lipinski definition) is 1. The zero-order valence-electron chi connectivity index (χ0n) is 11.9. The molecule has 1 aromatic carbocycles. The molecular weight excluding hydrogens is 279 g/mol. The molecule has 0 bridgehead atoms. The number of morpholine rings is 1. The van der Waals surface area contributed by atoms with E-state index in [0.717, 1.165) is 51.4 Å². The second kappa shape index (κ2) is 7.93. The highest BCUT2D eigenvalue weighted by atomic mass is 35.5. The number of nitrogens with one attached hydrogen (secondary N) is 1. The molecule has 0 saturated carbocycles. The minimum atomic E-state index is -0.366. The van der Waals surface area contributed by atoms with E-state index in [1.807, 2.05) is 0 Å². The molecule has 0 aromatic heterocycles. The zero-order valence-corrected chi connectivity index (χ0v) is 12.6. The predicted octanol–water partition coefficient (Wildman–Crippen LogP) is 2.85. The van der Waals surface area contributed by atoms with Gasteiger partial charge in [-0.25, -0.2) is 4.39 Å². The van der Waals surface area contributed by atoms with E-state index >= 15 is 0 Å². The van der Waals surface area contributed by atoms with Gasteiger partial charge in [0.25, 0.3) is 0 Å². The number of hydrogen-bond acceptors (Lipinski definition) is 3. The molecule has 1 unspecified atom stereocenters. The van der Waals surface area contributed by atoms with Crippen LogP contribution in [0.4, 0.5) is 4.39 Å². The first-order chi connectivity index (χ1) is 9.66. The Morgan fingerprint density at radius 3 is 2.85 bits per heavy atom. The summed E-state index contributed by atoms with van der Waals surface area (Å²) in [7, 11) is 0. The Balaban J connectivity index is 1.69. The van der Waals surface area contributed by atoms with Crippen LogP contribution in [0.5, 0.6) is 0 Å². The summed E-state index contributed by atoms with van der Waals surface area (Å²) in [5.41, 5.74) is 1.02. The van der Waals surface area contributed by atoms with Crippen LogP contribution in [-0.2, 0) is 4.74 Å². The monoisotopic (exact) mass is 300 g/mol. The third kappa shape index (κ3) is 4.70. The highest BCUT2D eigenvalue weighted by molar-refractivity contribution is 6.30. The summed E-state index contributed by atoms with van der Waals surface area (Å²) in [4.78, 5) is 2.42. The van der Waals surface area contributed by atoms with Gasteiger partial charge in [-0.05, 0) is 44.1 Å². The van der Waals surface area contributed by atoms with E-state index in [9.17, 15) is 4.39 Å². The fraction of sp³-hybridized carbons (Fsp3) is 0.600. The van der Waals surface area contributed by atoms with E-state index in [4.69, 9.17) is 16.3 Å². The molecular formula is C15H22ClFN2O. The van der Waals surface area contributed by atoms with Crippen molar-refractivity contribution in [1.82, 2.24) is 10.2 Å². The molecule has 20 heavy (non-hydrogen) atoms. The van der Waals surface area contributed by atoms with Crippen LogP contribution >= 0.6 is 11.6 Å². The van der Waals surface area contributed by atoms with E-state index in [1.54, 1.807) is 12.1 Å². The van der Waals surface area contributed by atoms with Crippen molar-refractivity contribution in [1.29, 1.82) is 0 Å². The third-order valence-corrected chi connectivity index (χ3v) is 3.94. The lowest BCUT2D eigenvalue weighted by Gasteiger charge is -2.26. The van der Waals surface area contributed by atoms with E-state index < -0.39 is 0 Å². The summed E-state index contributed by atoms with van der Waals surface area (Å²) >= 11 is 5.80. The minimum absolute atomic E-state index is 0.179. The van der Waals surface area contributed by atoms with Crippen LogP contribution in [0.15, 0.2) is 18.2 Å². The minimum Gasteiger partial charge on any atom is -0.379 e. The van der Waals surface area contributed by atoms with Gasteiger partial charge in [-0.3, -0.25) is 4.90 Å². The van der Waals surface area contributed by atoms with Crippen LogP contribution in [0, 0.1) is 5.82 Å². The van der Waals surface area contributed by atoms with Gasteiger partial charge in [0, 0.05) is 19.1 Å². The molecule has 1 aliphatic heterocycles. The molecule has 1 aromatic rings. The maximum absolute atomic E-state index is 13.1. The quantitative estimate of drug-likeness (QED) is 0.818. The van der Waals surface area contributed by atoms with Gasteiger partial charge in [0.15, 0.2) is 0 Å². The highest BCUT2D eigenvalue weighted by Gasteiger charge is 2.10. The third-order valence-electron chi connectivity index (χ3n) is 3.65. The summed E-state index contributed by atoms with van der Waals surface area (Å²) < 4.78 is 18.4. The highest BCUT2D eigenvalue weighted by Crippen LogP contribution is 2.20. The molecule has 0 spiro atoms. The molecule has 0 radical (unpaired) electrons. The van der Waals surface area contributed by atoms with E-state index in [-0.39, 0.29) is 16.9 Å². The van der Waals surface area contributed by atoms with Gasteiger partial charge in [0.1, 0.15) is 5.82 Å². The molecule has 1 saturated heterocycles. The van der Waals surface area contributed by atoms with Crippen molar-refractivity contribution in [2.45, 2.75) is 19.4 Å². The fourth-order valence-electron chi connectivity index (χ4n) is 2.35. The van der Waals surface area contributed by atoms with Crippen LogP contribution in [0.25, 0.3) is 0 Å². The first-order valence-electron chi connectivity index (χ1n) is 7.15. The van der Waals surface area contributed by atoms with Crippen LogP contribution in [0.2, 0.25) is 5.02 Å². The van der Waals surface area contributed by atoms with Gasteiger partial charge in [-0.2, -0.15) is 0 Å². The molecule has 1 heterocycles. The maximum atomic E-state index is 13.1. The zero-order chi connectivity index (χ0) is 14.4. The van der Waals surface area contributed by atoms with Crippen molar-refractivity contribution in [3.05, 3.63) is 34.6 Å². The summed E-state index contributed by atoms with van der Waals surface area (Å²) in [5.74, 6) is -0.366. The van der Waals surface area contributed by atoms with Crippen LogP contribution in [0.1, 0.15) is 24.9 Å². The van der Waals surface area contributed by atoms with Crippen molar-refractivity contribution < 1.29 is 9.13 Å². The van der Waals surface area contributed by atoms with Crippen molar-refractivity contribution in [3.63, 3.8) is 0 Å². The average Bonchev–Trinajstić information content (AvgIpc) is 2.47. The SMILES string of the molecule is CC(NCCCN1CCOCC1)c1ccc(F)c(Cl)c1. The Morgan fingerprint density at radius 2 is 2.15 bits per heavy atom. The number of halogens is 2. The Morgan fingerprint density at radius 1 is 1.40 bits per heavy atom. The van der Waals surface area contributed by atoms with Crippen LogP contribution in [0.3, 0.4) is 0 Å². The number of rotatable bonds is 6. The van der Waals surface area contributed by atoms with Gasteiger partial charge in [0.2, 0.25) is 0 Å². The average molecular weight is 301 g/mol. The largest absolute Gasteiger partial charge is 0.379 e. The first-order valence-corrected chi connectivity index (χ1v) is 7.53. The first kappa shape index (κ1) is 15.7. The standard InChI is InChI=1S/C15H22ClFN2O/c1-12(13-3-4-15(17)14(16)11-13)18-5-2-6-19-7-9-20-10-8-19/h3-4,11-12,18H,2,5-10H2,1H3. The van der Waals surface area contributed by atoms with Crippen molar-refractivity contribution >= 4 is 11.6 Å². The molecule has 5 heteroatoms. The molecule has 2 rings (SSSR count). The van der Waals surface area contributed by atoms with E-state index in [0.29, 0.717) is 0 Å². The van der Waals surface area contributed by atoms with Crippen LogP contribution in [-0.4, -0.2) is 44.3 Å². The van der Waals surface area contributed by atoms with E-state index in [2.05, 4.69) is 17.1 Å². The van der Waals surface area contributed by atoms with Gasteiger partial charge < -0.3 is 10.1 Å². The number of ether oxygens (including phenoxy) is 1. The molecule has 112 valence electrons. The smallest absolute Gasteiger partial charge is 0.141 e. The summed E-state index contributed by atoms with van der Waals surface area (Å²) in [6, 6.07) is 5.07. The topological polar surface area (TPSA) is 24.5 Å². The summed E-state index contributed by atoms with van der Waals surface area (Å²) in [6.07, 6.45) is 1.10. The molecule has 3 nitrogen and oxygen atoms in total. The van der Waals surface area contributed by atoms with Gasteiger partial charge in [-0.1, -0.05) is 17.7 Å². The molecule has 0 aliphatic carbocycles. The molecule has 1 N–H and O–H groups in total. The lowest BCUT2D eigenvalue weighted by atomic mass is 10.1. The molecule has 1 aliphatic rings. The second-order valence-corrected chi connectivity index (χ2v) is 5.56. The Kier molecular flexibility index (Phi) is 6.23. The summed E-state index contributed by atoms with van der Waals surface area (Å²) in [6.45, 7) is 7.85. The predicted molar refractivity (Wildman–Crippen MR) is 79.7 cm³/mol. The molecule has 1 atom stereocenters. The van der Waals surface area contributed by atoms with Crippen molar-refractivity contribution in [2.75, 3.05) is 39.4 Å². The maximum Gasteiger partial charge on any atom is 0.141 e. The van der Waals surface area contributed by atoms with Crippen LogP contribution < -0.4 is 5.32 Å². The summed E-state index contributed by atoms with van der Waals surface area (Å²) in [5, 5.41) is 3.63. The lowest BCUT2D eigenvalue weighted by Crippen LogP contribution is -2.37. The van der Waals surface area contributed by atoms with Gasteiger partial charge in [0.05, 0.1) is 18.2 Å². The number of benzene rings is 1.